The zero-order valence-electron chi connectivity index (χ0n) is 18.1. The van der Waals surface area contributed by atoms with E-state index in [1.807, 2.05) is 23.6 Å². The molecule has 2 aromatic heterocycles. The standard InChI is InChI=1S/C20H27FN8O2/c1-11-6-27-9-20(27,4)10-28(11)18(31)29-7-12-15(19(29,2)3)25-26-16(12)24-17-13(21)5-22-14(8-30)23-17/h5,11,30H,6-10H2,1-4H3,(H2,22,23,24,25,26). The van der Waals surface area contributed by atoms with Crippen LogP contribution in [0.15, 0.2) is 6.20 Å². The third kappa shape index (κ3) is 3.06. The van der Waals surface area contributed by atoms with Gasteiger partial charge in [0.25, 0.3) is 0 Å². The smallest absolute Gasteiger partial charge is 0.321 e. The van der Waals surface area contributed by atoms with Crippen LogP contribution < -0.4 is 5.32 Å². The molecule has 3 atom stereocenters. The molecule has 0 radical (unpaired) electrons. The number of hydrogen-bond acceptors (Lipinski definition) is 7. The van der Waals surface area contributed by atoms with Gasteiger partial charge in [0.05, 0.1) is 24.0 Å². The van der Waals surface area contributed by atoms with Gasteiger partial charge < -0.3 is 20.2 Å². The maximum atomic E-state index is 14.2. The number of H-pyrrole nitrogens is 1. The van der Waals surface area contributed by atoms with Gasteiger partial charge in [0.2, 0.25) is 0 Å². The molecule has 2 fully saturated rings. The number of amides is 2. The largest absolute Gasteiger partial charge is 0.388 e. The fraction of sp³-hybridized carbons (Fsp3) is 0.600. The molecule has 3 aliphatic heterocycles. The number of fused-ring (bicyclic) bond motifs is 2. The van der Waals surface area contributed by atoms with Crippen LogP contribution in [0, 0.1) is 5.82 Å². The minimum Gasteiger partial charge on any atom is -0.388 e. The van der Waals surface area contributed by atoms with E-state index in [1.54, 1.807) is 0 Å². The van der Waals surface area contributed by atoms with Crippen molar-refractivity contribution < 1.29 is 14.3 Å². The first kappa shape index (κ1) is 20.1. The van der Waals surface area contributed by atoms with Crippen molar-refractivity contribution in [3.8, 4) is 0 Å². The monoisotopic (exact) mass is 430 g/mol. The van der Waals surface area contributed by atoms with Crippen LogP contribution in [0.3, 0.4) is 0 Å². The Hall–Kier alpha value is -2.79. The van der Waals surface area contributed by atoms with E-state index in [-0.39, 0.29) is 29.3 Å². The number of aromatic nitrogens is 4. The highest BCUT2D eigenvalue weighted by molar-refractivity contribution is 5.78. The zero-order valence-corrected chi connectivity index (χ0v) is 18.1. The minimum absolute atomic E-state index is 0.00314. The Morgan fingerprint density at radius 3 is 2.87 bits per heavy atom. The number of carbonyl (C=O) groups excluding carboxylic acids is 1. The molecule has 0 spiro atoms. The topological polar surface area (TPSA) is 113 Å². The lowest BCUT2D eigenvalue weighted by molar-refractivity contribution is 0.0715. The molecule has 2 aromatic rings. The molecular weight excluding hydrogens is 403 g/mol. The van der Waals surface area contributed by atoms with Crippen molar-refractivity contribution in [3.05, 3.63) is 29.1 Å². The maximum absolute atomic E-state index is 14.2. The summed E-state index contributed by atoms with van der Waals surface area (Å²) in [7, 11) is 0. The van der Waals surface area contributed by atoms with E-state index in [0.717, 1.165) is 30.5 Å². The number of urea groups is 1. The number of anilines is 2. The summed E-state index contributed by atoms with van der Waals surface area (Å²) in [4.78, 5) is 27.5. The quantitative estimate of drug-likeness (QED) is 0.633. The number of halogens is 1. The number of piperazine rings is 1. The Morgan fingerprint density at radius 1 is 1.35 bits per heavy atom. The highest BCUT2D eigenvalue weighted by atomic mass is 19.1. The average molecular weight is 430 g/mol. The Balaban J connectivity index is 1.40. The third-order valence-corrected chi connectivity index (χ3v) is 6.84. The molecule has 0 bridgehead atoms. The summed E-state index contributed by atoms with van der Waals surface area (Å²) in [6.07, 6.45) is 1.01. The molecular formula is C20H27FN8O2. The van der Waals surface area contributed by atoms with Crippen LogP contribution in [0.2, 0.25) is 0 Å². The molecule has 2 saturated heterocycles. The van der Waals surface area contributed by atoms with Gasteiger partial charge in [-0.05, 0) is 27.7 Å². The van der Waals surface area contributed by atoms with Gasteiger partial charge >= 0.3 is 6.03 Å². The fourth-order valence-electron chi connectivity index (χ4n) is 4.77. The summed E-state index contributed by atoms with van der Waals surface area (Å²) < 4.78 is 14.2. The van der Waals surface area contributed by atoms with Crippen molar-refractivity contribution in [2.24, 2.45) is 0 Å². The molecule has 10 nitrogen and oxygen atoms in total. The number of hydrogen-bond donors (Lipinski definition) is 3. The Morgan fingerprint density at radius 2 is 2.13 bits per heavy atom. The van der Waals surface area contributed by atoms with Gasteiger partial charge in [-0.15, -0.1) is 0 Å². The third-order valence-electron chi connectivity index (χ3n) is 6.84. The van der Waals surface area contributed by atoms with Crippen LogP contribution in [0.4, 0.5) is 20.8 Å². The van der Waals surface area contributed by atoms with Crippen LogP contribution in [-0.2, 0) is 18.7 Å². The van der Waals surface area contributed by atoms with E-state index in [4.69, 9.17) is 0 Å². The molecule has 5 heterocycles. The average Bonchev–Trinajstić information content (AvgIpc) is 3.08. The summed E-state index contributed by atoms with van der Waals surface area (Å²) in [5.74, 6) is -0.201. The first-order valence-corrected chi connectivity index (χ1v) is 10.4. The Kier molecular flexibility index (Phi) is 4.29. The lowest BCUT2D eigenvalue weighted by Gasteiger charge is -2.42. The van der Waals surface area contributed by atoms with Crippen molar-refractivity contribution in [3.63, 3.8) is 0 Å². The zero-order chi connectivity index (χ0) is 22.1. The van der Waals surface area contributed by atoms with Crippen LogP contribution in [0.25, 0.3) is 0 Å². The molecule has 3 unspecified atom stereocenters. The second-order valence-electron chi connectivity index (χ2n) is 9.47. The Bertz CT molecular complexity index is 1060. The van der Waals surface area contributed by atoms with Crippen molar-refractivity contribution in [1.82, 2.24) is 34.9 Å². The van der Waals surface area contributed by atoms with Crippen molar-refractivity contribution >= 4 is 17.7 Å². The summed E-state index contributed by atoms with van der Waals surface area (Å²) in [6.45, 7) is 10.8. The van der Waals surface area contributed by atoms with E-state index >= 15 is 0 Å². The lowest BCUT2D eigenvalue weighted by Crippen LogP contribution is -2.57. The predicted octanol–water partition coefficient (Wildman–Crippen LogP) is 1.52. The minimum atomic E-state index is -0.650. The molecule has 0 aromatic carbocycles. The molecule has 0 saturated carbocycles. The van der Waals surface area contributed by atoms with Gasteiger partial charge in [0.15, 0.2) is 23.3 Å². The van der Waals surface area contributed by atoms with Gasteiger partial charge in [0, 0.05) is 36.8 Å². The molecule has 3 N–H and O–H groups in total. The van der Waals surface area contributed by atoms with Gasteiger partial charge in [-0.1, -0.05) is 0 Å². The number of nitrogens with one attached hydrogen (secondary N) is 2. The number of aromatic amines is 1. The van der Waals surface area contributed by atoms with Crippen LogP contribution in [0.5, 0.6) is 0 Å². The van der Waals surface area contributed by atoms with Crippen LogP contribution in [0.1, 0.15) is 44.8 Å². The van der Waals surface area contributed by atoms with Crippen LogP contribution in [-0.4, -0.2) is 77.2 Å². The van der Waals surface area contributed by atoms with E-state index in [1.165, 1.54) is 0 Å². The van der Waals surface area contributed by atoms with Gasteiger partial charge in [0.1, 0.15) is 6.61 Å². The number of nitrogens with zero attached hydrogens (tertiary/aromatic N) is 6. The maximum Gasteiger partial charge on any atom is 0.321 e. The summed E-state index contributed by atoms with van der Waals surface area (Å²) in [5.41, 5.74) is 1.10. The van der Waals surface area contributed by atoms with E-state index < -0.39 is 18.0 Å². The highest BCUT2D eigenvalue weighted by Gasteiger charge is 2.55. The van der Waals surface area contributed by atoms with E-state index in [2.05, 4.69) is 44.2 Å². The number of carbonyl (C=O) groups is 1. The molecule has 2 amide bonds. The summed E-state index contributed by atoms with van der Waals surface area (Å²) in [6, 6.07) is 0.136. The van der Waals surface area contributed by atoms with Crippen molar-refractivity contribution in [2.75, 3.05) is 25.0 Å². The molecule has 5 rings (SSSR count). The molecule has 0 aliphatic carbocycles. The lowest BCUT2D eigenvalue weighted by atomic mass is 10.0. The van der Waals surface area contributed by atoms with E-state index in [0.29, 0.717) is 18.9 Å². The second kappa shape index (κ2) is 6.60. The first-order chi connectivity index (χ1) is 14.6. The molecule has 3 aliphatic rings. The SMILES string of the molecule is CC1CN2CC2(C)CN1C(=O)N1Cc2c(Nc3nc(CO)ncc3F)n[nH]c2C1(C)C. The molecule has 11 heteroatoms. The predicted molar refractivity (Wildman–Crippen MR) is 110 cm³/mol. The van der Waals surface area contributed by atoms with Gasteiger partial charge in [-0.3, -0.25) is 10.00 Å². The van der Waals surface area contributed by atoms with E-state index in [9.17, 15) is 14.3 Å². The van der Waals surface area contributed by atoms with Crippen molar-refractivity contribution in [2.45, 2.75) is 58.0 Å². The van der Waals surface area contributed by atoms with Crippen molar-refractivity contribution in [1.29, 1.82) is 0 Å². The normalized spacial score (nSPS) is 28.3. The first-order valence-electron chi connectivity index (χ1n) is 10.4. The summed E-state index contributed by atoms with van der Waals surface area (Å²) in [5, 5.41) is 19.4. The second-order valence-corrected chi connectivity index (χ2v) is 9.47. The molecule has 166 valence electrons. The Labute approximate surface area is 179 Å². The number of aliphatic hydroxyl groups excluding tert-OH is 1. The van der Waals surface area contributed by atoms with Gasteiger partial charge in [-0.2, -0.15) is 5.10 Å². The summed E-state index contributed by atoms with van der Waals surface area (Å²) >= 11 is 0. The van der Waals surface area contributed by atoms with Crippen LogP contribution >= 0.6 is 0 Å². The molecule has 31 heavy (non-hydrogen) atoms. The number of aliphatic hydroxyl groups is 1. The van der Waals surface area contributed by atoms with Gasteiger partial charge in [-0.25, -0.2) is 19.2 Å². The fourth-order valence-corrected chi connectivity index (χ4v) is 4.77. The number of rotatable bonds is 3. The highest BCUT2D eigenvalue weighted by Crippen LogP contribution is 2.43.